The lowest BCUT2D eigenvalue weighted by Gasteiger charge is -2.25. The number of hydrogen-bond acceptors (Lipinski definition) is 6. The number of rotatable bonds is 4. The number of carbonyl (C=O) groups is 1. The molecule has 0 bridgehead atoms. The monoisotopic (exact) mass is 314 g/mol. The van der Waals surface area contributed by atoms with E-state index in [0.29, 0.717) is 12.8 Å². The Hall–Kier alpha value is -2.00. The van der Waals surface area contributed by atoms with Crippen LogP contribution in [-0.2, 0) is 14.8 Å². The molecule has 1 fully saturated rings. The van der Waals surface area contributed by atoms with Crippen molar-refractivity contribution in [1.29, 1.82) is 0 Å². The van der Waals surface area contributed by atoms with Crippen LogP contribution < -0.4 is 4.74 Å². The van der Waals surface area contributed by atoms with Crippen LogP contribution in [0.2, 0.25) is 0 Å². The molecule has 0 aliphatic carbocycles. The number of hydrogen-bond donors (Lipinski definition) is 0. The van der Waals surface area contributed by atoms with Crippen molar-refractivity contribution in [2.75, 3.05) is 20.2 Å². The maximum atomic E-state index is 12.6. The molecule has 0 radical (unpaired) electrons. The highest BCUT2D eigenvalue weighted by Gasteiger charge is 2.32. The first kappa shape index (κ1) is 15.4. The van der Waals surface area contributed by atoms with Crippen LogP contribution in [0.5, 0.6) is 5.75 Å². The fourth-order valence-electron chi connectivity index (χ4n) is 2.13. The number of Topliss-reactive ketones (excluding diaryl/α,β-unsaturated/α-hetero) is 1. The number of ether oxygens (including phenoxy) is 1. The second-order valence-electron chi connectivity index (χ2n) is 4.57. The maximum Gasteiger partial charge on any atom is 0.271 e. The number of nitrogens with zero attached hydrogens (tertiary/aromatic N) is 2. The van der Waals surface area contributed by atoms with Crippen molar-refractivity contribution >= 4 is 21.5 Å². The van der Waals surface area contributed by atoms with Gasteiger partial charge < -0.3 is 4.74 Å². The molecule has 1 aromatic carbocycles. The van der Waals surface area contributed by atoms with E-state index in [1.54, 1.807) is 0 Å². The first-order valence-corrected chi connectivity index (χ1v) is 7.64. The van der Waals surface area contributed by atoms with Crippen LogP contribution in [0.3, 0.4) is 0 Å². The molecule has 114 valence electrons. The normalized spacial score (nSPS) is 16.7. The van der Waals surface area contributed by atoms with Crippen LogP contribution in [-0.4, -0.2) is 43.6 Å². The molecule has 1 saturated heterocycles. The average molecular weight is 314 g/mol. The Balaban J connectivity index is 2.49. The van der Waals surface area contributed by atoms with Crippen LogP contribution in [0.15, 0.2) is 23.1 Å². The summed E-state index contributed by atoms with van der Waals surface area (Å²) in [7, 11) is -2.73. The van der Waals surface area contributed by atoms with E-state index in [-0.39, 0.29) is 35.2 Å². The van der Waals surface area contributed by atoms with Gasteiger partial charge in [-0.2, -0.15) is 4.31 Å². The molecule has 0 atom stereocenters. The molecule has 0 unspecified atom stereocenters. The Morgan fingerprint density at radius 3 is 2.67 bits per heavy atom. The summed E-state index contributed by atoms with van der Waals surface area (Å²) in [5.74, 6) is -0.159. The SMILES string of the molecule is COc1ccc([N+](=O)[O-])cc1S(=O)(=O)N1CCCC(=O)C1. The standard InChI is InChI=1S/C12H14N2O6S/c1-20-11-5-4-9(14(16)17)7-12(11)21(18,19)13-6-2-3-10(15)8-13/h4-5,7H,2-3,6,8H2,1H3. The molecular formula is C12H14N2O6S. The van der Waals surface area contributed by atoms with Gasteiger partial charge in [-0.3, -0.25) is 14.9 Å². The highest BCUT2D eigenvalue weighted by atomic mass is 32.2. The molecule has 0 amide bonds. The summed E-state index contributed by atoms with van der Waals surface area (Å²) in [5.41, 5.74) is -0.349. The molecular weight excluding hydrogens is 300 g/mol. The van der Waals surface area contributed by atoms with E-state index in [2.05, 4.69) is 0 Å². The molecule has 1 aliphatic rings. The minimum absolute atomic E-state index is 0.0126. The van der Waals surface area contributed by atoms with Crippen LogP contribution in [0.25, 0.3) is 0 Å². The minimum atomic E-state index is -4.01. The Bertz CT molecular complexity index is 685. The van der Waals surface area contributed by atoms with Gasteiger partial charge in [-0.05, 0) is 12.5 Å². The second kappa shape index (κ2) is 5.78. The van der Waals surface area contributed by atoms with Crippen molar-refractivity contribution in [1.82, 2.24) is 4.31 Å². The van der Waals surface area contributed by atoms with E-state index in [0.717, 1.165) is 10.4 Å². The molecule has 0 spiro atoms. The van der Waals surface area contributed by atoms with E-state index < -0.39 is 14.9 Å². The number of benzene rings is 1. The molecule has 9 heteroatoms. The van der Waals surface area contributed by atoms with E-state index in [9.17, 15) is 23.3 Å². The van der Waals surface area contributed by atoms with Gasteiger partial charge in [-0.25, -0.2) is 8.42 Å². The average Bonchev–Trinajstić information content (AvgIpc) is 2.46. The van der Waals surface area contributed by atoms with Crippen LogP contribution >= 0.6 is 0 Å². The quantitative estimate of drug-likeness (QED) is 0.605. The molecule has 8 nitrogen and oxygen atoms in total. The van der Waals surface area contributed by atoms with Crippen LogP contribution in [0.1, 0.15) is 12.8 Å². The second-order valence-corrected chi connectivity index (χ2v) is 6.48. The lowest BCUT2D eigenvalue weighted by atomic mass is 10.1. The third-order valence-corrected chi connectivity index (χ3v) is 5.06. The Labute approximate surface area is 121 Å². The summed E-state index contributed by atoms with van der Waals surface area (Å²) in [4.78, 5) is 21.3. The number of nitro groups is 1. The van der Waals surface area contributed by atoms with Gasteiger partial charge in [0, 0.05) is 25.1 Å². The van der Waals surface area contributed by atoms with Crippen molar-refractivity contribution in [2.24, 2.45) is 0 Å². The molecule has 1 heterocycles. The van der Waals surface area contributed by atoms with Gasteiger partial charge in [-0.1, -0.05) is 0 Å². The summed E-state index contributed by atoms with van der Waals surface area (Å²) in [6.07, 6.45) is 0.785. The lowest BCUT2D eigenvalue weighted by Crippen LogP contribution is -2.40. The first-order chi connectivity index (χ1) is 9.86. The topological polar surface area (TPSA) is 107 Å². The van der Waals surface area contributed by atoms with Crippen molar-refractivity contribution < 1.29 is 22.9 Å². The summed E-state index contributed by atoms with van der Waals surface area (Å²) >= 11 is 0. The predicted octanol–water partition coefficient (Wildman–Crippen LogP) is 0.957. The molecule has 0 saturated carbocycles. The Kier molecular flexibility index (Phi) is 4.24. The zero-order valence-electron chi connectivity index (χ0n) is 11.3. The largest absolute Gasteiger partial charge is 0.495 e. The van der Waals surface area contributed by atoms with Crippen molar-refractivity contribution in [3.8, 4) is 5.75 Å². The number of methoxy groups -OCH3 is 1. The smallest absolute Gasteiger partial charge is 0.271 e. The zero-order chi connectivity index (χ0) is 15.6. The zero-order valence-corrected chi connectivity index (χ0v) is 12.1. The summed E-state index contributed by atoms with van der Waals surface area (Å²) in [6, 6.07) is 3.35. The molecule has 2 rings (SSSR count). The van der Waals surface area contributed by atoms with E-state index in [1.807, 2.05) is 0 Å². The number of ketones is 1. The fourth-order valence-corrected chi connectivity index (χ4v) is 3.77. The number of piperidine rings is 1. The number of sulfonamides is 1. The van der Waals surface area contributed by atoms with Gasteiger partial charge in [0.2, 0.25) is 10.0 Å². The number of nitro benzene ring substituents is 1. The fraction of sp³-hybridized carbons (Fsp3) is 0.417. The highest BCUT2D eigenvalue weighted by Crippen LogP contribution is 2.31. The molecule has 1 aliphatic heterocycles. The highest BCUT2D eigenvalue weighted by molar-refractivity contribution is 7.89. The summed E-state index contributed by atoms with van der Waals surface area (Å²) in [5, 5.41) is 10.8. The van der Waals surface area contributed by atoms with Crippen molar-refractivity contribution in [3.63, 3.8) is 0 Å². The number of carbonyl (C=O) groups excluding carboxylic acids is 1. The minimum Gasteiger partial charge on any atom is -0.495 e. The van der Waals surface area contributed by atoms with E-state index in [4.69, 9.17) is 4.74 Å². The van der Waals surface area contributed by atoms with Gasteiger partial charge in [0.05, 0.1) is 18.6 Å². The third-order valence-electron chi connectivity index (χ3n) is 3.19. The molecule has 1 aromatic rings. The molecule has 21 heavy (non-hydrogen) atoms. The van der Waals surface area contributed by atoms with Gasteiger partial charge in [0.15, 0.2) is 0 Å². The van der Waals surface area contributed by atoms with Crippen molar-refractivity contribution in [2.45, 2.75) is 17.7 Å². The van der Waals surface area contributed by atoms with E-state index >= 15 is 0 Å². The van der Waals surface area contributed by atoms with Crippen LogP contribution in [0.4, 0.5) is 5.69 Å². The Morgan fingerprint density at radius 1 is 1.38 bits per heavy atom. The molecule has 0 aromatic heterocycles. The predicted molar refractivity (Wildman–Crippen MR) is 72.6 cm³/mol. The van der Waals surface area contributed by atoms with Crippen molar-refractivity contribution in [3.05, 3.63) is 28.3 Å². The van der Waals surface area contributed by atoms with E-state index in [1.165, 1.54) is 19.2 Å². The van der Waals surface area contributed by atoms with Crippen LogP contribution in [0, 0.1) is 10.1 Å². The van der Waals surface area contributed by atoms with Gasteiger partial charge in [-0.15, -0.1) is 0 Å². The summed E-state index contributed by atoms with van der Waals surface area (Å²) in [6.45, 7) is -0.00585. The molecule has 0 N–H and O–H groups in total. The lowest BCUT2D eigenvalue weighted by molar-refractivity contribution is -0.385. The maximum absolute atomic E-state index is 12.6. The first-order valence-electron chi connectivity index (χ1n) is 6.20. The summed E-state index contributed by atoms with van der Waals surface area (Å²) < 4.78 is 31.1. The van der Waals surface area contributed by atoms with Gasteiger partial charge in [0.25, 0.3) is 5.69 Å². The van der Waals surface area contributed by atoms with Gasteiger partial charge in [0.1, 0.15) is 16.4 Å². The number of non-ortho nitro benzene ring substituents is 1. The van der Waals surface area contributed by atoms with Gasteiger partial charge >= 0.3 is 0 Å². The third kappa shape index (κ3) is 3.03. The Morgan fingerprint density at radius 2 is 2.10 bits per heavy atom.